The second-order valence-corrected chi connectivity index (χ2v) is 8.88. The Morgan fingerprint density at radius 3 is 3.09 bits per heavy atom. The fourth-order valence-corrected chi connectivity index (χ4v) is 5.21. The van der Waals surface area contributed by atoms with Crippen molar-refractivity contribution in [3.63, 3.8) is 0 Å². The number of ether oxygens (including phenoxy) is 2. The van der Waals surface area contributed by atoms with E-state index in [1.54, 1.807) is 28.8 Å². The highest BCUT2D eigenvalue weighted by Gasteiger charge is 2.46. The summed E-state index contributed by atoms with van der Waals surface area (Å²) in [4.78, 5) is 4.19. The van der Waals surface area contributed by atoms with Gasteiger partial charge in [-0.1, -0.05) is 0 Å². The summed E-state index contributed by atoms with van der Waals surface area (Å²) in [6.45, 7) is 3.76. The summed E-state index contributed by atoms with van der Waals surface area (Å²) < 4.78 is 37.7. The van der Waals surface area contributed by atoms with Gasteiger partial charge in [-0.2, -0.15) is 4.31 Å². The van der Waals surface area contributed by atoms with Crippen molar-refractivity contribution in [3.8, 4) is 0 Å². The zero-order chi connectivity index (χ0) is 15.6. The van der Waals surface area contributed by atoms with Gasteiger partial charge >= 0.3 is 0 Å². The molecule has 2 aliphatic rings. The molecule has 2 heterocycles. The maximum atomic E-state index is 12.2. The monoisotopic (exact) mass is 346 g/mol. The maximum absolute atomic E-state index is 12.2. The molecule has 3 atom stereocenters. The van der Waals surface area contributed by atoms with Crippen LogP contribution in [0.4, 0.5) is 0 Å². The van der Waals surface area contributed by atoms with E-state index in [0.717, 1.165) is 17.8 Å². The van der Waals surface area contributed by atoms with Crippen LogP contribution in [0.2, 0.25) is 0 Å². The lowest BCUT2D eigenvalue weighted by Crippen LogP contribution is -2.53. The molecule has 1 aliphatic carbocycles. The number of hydrogen-bond donors (Lipinski definition) is 0. The first-order valence-corrected chi connectivity index (χ1v) is 10.2. The molecular weight excluding hydrogens is 324 g/mol. The van der Waals surface area contributed by atoms with E-state index >= 15 is 0 Å². The molecule has 22 heavy (non-hydrogen) atoms. The van der Waals surface area contributed by atoms with Crippen LogP contribution in [0.3, 0.4) is 0 Å². The summed E-state index contributed by atoms with van der Waals surface area (Å²) >= 11 is 1.58. The lowest BCUT2D eigenvalue weighted by atomic mass is 10.1. The van der Waals surface area contributed by atoms with E-state index in [-0.39, 0.29) is 23.8 Å². The summed E-state index contributed by atoms with van der Waals surface area (Å²) in [5.41, 5.74) is 0. The first-order chi connectivity index (χ1) is 10.6. The molecule has 1 saturated carbocycles. The number of aromatic nitrogens is 1. The largest absolute Gasteiger partial charge is 0.375 e. The predicted molar refractivity (Wildman–Crippen MR) is 84.2 cm³/mol. The van der Waals surface area contributed by atoms with Crippen molar-refractivity contribution in [3.05, 3.63) is 16.6 Å². The number of rotatable bonds is 6. The molecular formula is C14H22N2O4S2. The van der Waals surface area contributed by atoms with Gasteiger partial charge in [-0.15, -0.1) is 11.3 Å². The van der Waals surface area contributed by atoms with E-state index in [4.69, 9.17) is 9.47 Å². The van der Waals surface area contributed by atoms with Gasteiger partial charge in [0.2, 0.25) is 10.0 Å². The van der Waals surface area contributed by atoms with Crippen molar-refractivity contribution in [2.45, 2.75) is 38.5 Å². The first kappa shape index (κ1) is 16.3. The molecule has 124 valence electrons. The van der Waals surface area contributed by atoms with Gasteiger partial charge in [0.15, 0.2) is 0 Å². The minimum absolute atomic E-state index is 0.0211. The van der Waals surface area contributed by atoms with Gasteiger partial charge in [0.05, 0.1) is 37.7 Å². The molecule has 0 unspecified atom stereocenters. The Morgan fingerprint density at radius 2 is 2.36 bits per heavy atom. The third kappa shape index (κ3) is 3.35. The summed E-state index contributed by atoms with van der Waals surface area (Å²) in [5.74, 6) is 0.418. The van der Waals surface area contributed by atoms with E-state index in [0.29, 0.717) is 26.4 Å². The van der Waals surface area contributed by atoms with Crippen LogP contribution in [0.5, 0.6) is 0 Å². The van der Waals surface area contributed by atoms with Crippen molar-refractivity contribution in [1.82, 2.24) is 9.29 Å². The van der Waals surface area contributed by atoms with E-state index in [1.807, 2.05) is 5.38 Å². The van der Waals surface area contributed by atoms with Crippen LogP contribution >= 0.6 is 11.3 Å². The summed E-state index contributed by atoms with van der Waals surface area (Å²) in [7, 11) is -3.15. The van der Waals surface area contributed by atoms with Crippen LogP contribution in [-0.4, -0.2) is 55.4 Å². The zero-order valence-corrected chi connectivity index (χ0v) is 14.3. The Hall–Kier alpha value is -0.540. The molecule has 0 bridgehead atoms. The fourth-order valence-electron chi connectivity index (χ4n) is 3.34. The molecule has 6 nitrogen and oxygen atoms in total. The molecule has 8 heteroatoms. The van der Waals surface area contributed by atoms with Gasteiger partial charge in [0.25, 0.3) is 0 Å². The summed E-state index contributed by atoms with van der Waals surface area (Å²) in [5, 5.41) is 2.90. The summed E-state index contributed by atoms with van der Waals surface area (Å²) in [6.07, 6.45) is 3.54. The van der Waals surface area contributed by atoms with E-state index in [2.05, 4.69) is 4.98 Å². The van der Waals surface area contributed by atoms with Crippen LogP contribution in [-0.2, 0) is 26.1 Å². The third-order valence-electron chi connectivity index (χ3n) is 4.43. The maximum Gasteiger partial charge on any atom is 0.214 e. The minimum Gasteiger partial charge on any atom is -0.375 e. The lowest BCUT2D eigenvalue weighted by Gasteiger charge is -2.38. The van der Waals surface area contributed by atoms with E-state index in [1.165, 1.54) is 0 Å². The highest BCUT2D eigenvalue weighted by atomic mass is 32.2. The fraction of sp³-hybridized carbons (Fsp3) is 0.786. The van der Waals surface area contributed by atoms with Crippen LogP contribution in [0.25, 0.3) is 0 Å². The Morgan fingerprint density at radius 1 is 1.50 bits per heavy atom. The highest BCUT2D eigenvalue weighted by Crippen LogP contribution is 2.36. The van der Waals surface area contributed by atoms with Gasteiger partial charge in [-0.3, -0.25) is 0 Å². The normalized spacial score (nSPS) is 29.6. The SMILES string of the molecule is CCS(=O)(=O)N1CCO[C@@H]2[C@H](COCc3nccs3)CC[C@@H]21. The molecule has 0 spiro atoms. The summed E-state index contributed by atoms with van der Waals surface area (Å²) in [6, 6.07) is -0.0211. The zero-order valence-electron chi connectivity index (χ0n) is 12.7. The minimum atomic E-state index is -3.15. The number of sulfonamides is 1. The van der Waals surface area contributed by atoms with Crippen molar-refractivity contribution in [1.29, 1.82) is 0 Å². The molecule has 1 saturated heterocycles. The quantitative estimate of drug-likeness (QED) is 0.780. The lowest BCUT2D eigenvalue weighted by molar-refractivity contribution is -0.0639. The van der Waals surface area contributed by atoms with Crippen LogP contribution in [0.15, 0.2) is 11.6 Å². The Kier molecular flexibility index (Phi) is 5.13. The highest BCUT2D eigenvalue weighted by molar-refractivity contribution is 7.89. The van der Waals surface area contributed by atoms with Gasteiger partial charge < -0.3 is 9.47 Å². The van der Waals surface area contributed by atoms with Gasteiger partial charge in [-0.25, -0.2) is 13.4 Å². The van der Waals surface area contributed by atoms with E-state index in [9.17, 15) is 8.42 Å². The first-order valence-electron chi connectivity index (χ1n) is 7.69. The second kappa shape index (κ2) is 6.92. The van der Waals surface area contributed by atoms with E-state index < -0.39 is 10.0 Å². The Balaban J connectivity index is 1.58. The second-order valence-electron chi connectivity index (χ2n) is 5.69. The van der Waals surface area contributed by atoms with Crippen molar-refractivity contribution in [2.24, 2.45) is 5.92 Å². The Labute approximate surface area is 135 Å². The molecule has 0 amide bonds. The molecule has 0 radical (unpaired) electrons. The molecule has 0 aromatic carbocycles. The smallest absolute Gasteiger partial charge is 0.214 e. The van der Waals surface area contributed by atoms with Crippen LogP contribution in [0, 0.1) is 5.92 Å². The van der Waals surface area contributed by atoms with Crippen LogP contribution in [0.1, 0.15) is 24.8 Å². The molecule has 2 fully saturated rings. The average molecular weight is 346 g/mol. The van der Waals surface area contributed by atoms with Crippen molar-refractivity contribution < 1.29 is 17.9 Å². The van der Waals surface area contributed by atoms with Crippen molar-refractivity contribution >= 4 is 21.4 Å². The predicted octanol–water partition coefficient (Wildman–Crippen LogP) is 1.49. The molecule has 0 N–H and O–H groups in total. The number of nitrogens with zero attached hydrogens (tertiary/aromatic N) is 2. The molecule has 1 aromatic heterocycles. The molecule has 1 aliphatic heterocycles. The molecule has 1 aromatic rings. The Bertz CT molecular complexity index is 576. The van der Waals surface area contributed by atoms with Gasteiger partial charge in [-0.05, 0) is 19.8 Å². The molecule has 3 rings (SSSR count). The standard InChI is InChI=1S/C14H22N2O4S2/c1-2-22(17,18)16-6-7-20-14-11(3-4-12(14)16)9-19-10-13-15-5-8-21-13/h5,8,11-12,14H,2-4,6-7,9-10H2,1H3/t11-,12-,14+/m0/s1. The van der Waals surface area contributed by atoms with Crippen LogP contribution < -0.4 is 0 Å². The number of thiazole rings is 1. The van der Waals surface area contributed by atoms with Gasteiger partial charge in [0.1, 0.15) is 5.01 Å². The topological polar surface area (TPSA) is 68.7 Å². The van der Waals surface area contributed by atoms with Gasteiger partial charge in [0, 0.05) is 24.0 Å². The average Bonchev–Trinajstić information content (AvgIpc) is 3.17. The van der Waals surface area contributed by atoms with Crippen molar-refractivity contribution in [2.75, 3.05) is 25.5 Å². The number of fused-ring (bicyclic) bond motifs is 1. The third-order valence-corrected chi connectivity index (χ3v) is 7.08. The number of morpholine rings is 1. The number of hydrogen-bond acceptors (Lipinski definition) is 6.